The number of hydrogen-bond acceptors (Lipinski definition) is 2. The molecule has 0 aliphatic heterocycles. The monoisotopic (exact) mass is 266 g/mol. The minimum atomic E-state index is 0.639. The van der Waals surface area contributed by atoms with Gasteiger partial charge < -0.3 is 4.90 Å². The van der Waals surface area contributed by atoms with Crippen molar-refractivity contribution < 1.29 is 0 Å². The van der Waals surface area contributed by atoms with Crippen LogP contribution in [0.5, 0.6) is 0 Å². The molecule has 3 heteroatoms. The van der Waals surface area contributed by atoms with Gasteiger partial charge in [-0.15, -0.1) is 0 Å². The molecule has 0 aliphatic rings. The summed E-state index contributed by atoms with van der Waals surface area (Å²) in [6, 6.07) is 10.4. The quantitative estimate of drug-likeness (QED) is 0.766. The van der Waals surface area contributed by atoms with Gasteiger partial charge in [-0.05, 0) is 31.6 Å². The highest BCUT2D eigenvalue weighted by atomic mass is 79.9. The zero-order valence-electron chi connectivity index (χ0n) is 8.91. The van der Waals surface area contributed by atoms with E-state index in [9.17, 15) is 0 Å². The second-order valence-electron chi connectivity index (χ2n) is 3.59. The fourth-order valence-corrected chi connectivity index (χ4v) is 1.83. The number of unbranched alkanes of at least 4 members (excludes halogenated alkanes) is 1. The number of benzene rings is 1. The first kappa shape index (κ1) is 12.2. The van der Waals surface area contributed by atoms with Crippen molar-refractivity contribution in [2.75, 3.05) is 13.6 Å². The molecule has 0 unspecified atom stereocenters. The molecule has 0 saturated heterocycles. The maximum absolute atomic E-state index is 8.44. The Kier molecular flexibility index (Phi) is 5.38. The van der Waals surface area contributed by atoms with E-state index < -0.39 is 0 Å². The Bertz CT molecular complexity index is 344. The van der Waals surface area contributed by atoms with Crippen LogP contribution in [0, 0.1) is 11.3 Å². The van der Waals surface area contributed by atoms with Crippen molar-refractivity contribution in [1.29, 1.82) is 5.26 Å². The Balaban J connectivity index is 2.41. The van der Waals surface area contributed by atoms with Crippen LogP contribution < -0.4 is 0 Å². The lowest BCUT2D eigenvalue weighted by Gasteiger charge is -2.16. The van der Waals surface area contributed by atoms with E-state index in [-0.39, 0.29) is 0 Å². The lowest BCUT2D eigenvalue weighted by Crippen LogP contribution is -2.19. The minimum absolute atomic E-state index is 0.639. The lowest BCUT2D eigenvalue weighted by atomic mass is 10.2. The summed E-state index contributed by atoms with van der Waals surface area (Å²) in [5.41, 5.74) is 1.29. The Morgan fingerprint density at radius 2 is 2.13 bits per heavy atom. The molecule has 1 aromatic carbocycles. The van der Waals surface area contributed by atoms with Crippen molar-refractivity contribution >= 4 is 15.9 Å². The van der Waals surface area contributed by atoms with Crippen molar-refractivity contribution in [3.05, 3.63) is 34.3 Å². The molecular formula is C12H15BrN2. The fourth-order valence-electron chi connectivity index (χ4n) is 1.42. The zero-order valence-corrected chi connectivity index (χ0v) is 10.5. The van der Waals surface area contributed by atoms with Crippen molar-refractivity contribution in [2.24, 2.45) is 0 Å². The number of nitriles is 1. The van der Waals surface area contributed by atoms with E-state index in [0.717, 1.165) is 24.0 Å². The standard InChI is InChI=1S/C12H15BrN2/c1-15(9-5-4-8-14)10-11-6-2-3-7-12(11)13/h2-3,6-7H,4-5,9-10H2,1H3. The molecule has 0 aliphatic carbocycles. The molecule has 0 spiro atoms. The van der Waals surface area contributed by atoms with E-state index in [1.165, 1.54) is 5.56 Å². The maximum atomic E-state index is 8.44. The molecule has 0 saturated carbocycles. The predicted molar refractivity (Wildman–Crippen MR) is 65.3 cm³/mol. The van der Waals surface area contributed by atoms with E-state index in [1.54, 1.807) is 0 Å². The van der Waals surface area contributed by atoms with Crippen LogP contribution in [0.25, 0.3) is 0 Å². The van der Waals surface area contributed by atoms with Crippen LogP contribution in [0.2, 0.25) is 0 Å². The van der Waals surface area contributed by atoms with Crippen LogP contribution in [-0.2, 0) is 6.54 Å². The van der Waals surface area contributed by atoms with Gasteiger partial charge in [0.2, 0.25) is 0 Å². The molecule has 0 heterocycles. The summed E-state index contributed by atoms with van der Waals surface area (Å²) in [4.78, 5) is 2.23. The first-order valence-electron chi connectivity index (χ1n) is 5.03. The largest absolute Gasteiger partial charge is 0.302 e. The Morgan fingerprint density at radius 1 is 1.40 bits per heavy atom. The molecule has 0 bridgehead atoms. The van der Waals surface area contributed by atoms with E-state index in [4.69, 9.17) is 5.26 Å². The molecule has 0 aromatic heterocycles. The second-order valence-corrected chi connectivity index (χ2v) is 4.45. The first-order valence-corrected chi connectivity index (χ1v) is 5.82. The topological polar surface area (TPSA) is 27.0 Å². The molecule has 0 atom stereocenters. The summed E-state index contributed by atoms with van der Waals surface area (Å²) >= 11 is 3.53. The SMILES string of the molecule is CN(CCCC#N)Cc1ccccc1Br. The van der Waals surface area contributed by atoms with E-state index in [2.05, 4.69) is 46.1 Å². The van der Waals surface area contributed by atoms with Crippen molar-refractivity contribution in [3.63, 3.8) is 0 Å². The maximum Gasteiger partial charge on any atom is 0.0622 e. The third-order valence-electron chi connectivity index (χ3n) is 2.23. The summed E-state index contributed by atoms with van der Waals surface area (Å²) in [7, 11) is 2.08. The second kappa shape index (κ2) is 6.60. The van der Waals surface area contributed by atoms with Gasteiger partial charge in [-0.25, -0.2) is 0 Å². The zero-order chi connectivity index (χ0) is 11.1. The number of nitrogens with zero attached hydrogens (tertiary/aromatic N) is 2. The summed E-state index contributed by atoms with van der Waals surface area (Å²) < 4.78 is 1.15. The van der Waals surface area contributed by atoms with Crippen LogP contribution in [0.1, 0.15) is 18.4 Å². The molecule has 0 radical (unpaired) electrons. The highest BCUT2D eigenvalue weighted by Crippen LogP contribution is 2.17. The normalized spacial score (nSPS) is 10.3. The lowest BCUT2D eigenvalue weighted by molar-refractivity contribution is 0.323. The highest BCUT2D eigenvalue weighted by molar-refractivity contribution is 9.10. The molecule has 2 nitrogen and oxygen atoms in total. The van der Waals surface area contributed by atoms with Crippen molar-refractivity contribution in [1.82, 2.24) is 4.90 Å². The van der Waals surface area contributed by atoms with Crippen molar-refractivity contribution in [2.45, 2.75) is 19.4 Å². The van der Waals surface area contributed by atoms with Crippen LogP contribution >= 0.6 is 15.9 Å². The predicted octanol–water partition coefficient (Wildman–Crippen LogP) is 3.18. The summed E-state index contributed by atoms with van der Waals surface area (Å²) in [5, 5.41) is 8.44. The first-order chi connectivity index (χ1) is 7.24. The summed E-state index contributed by atoms with van der Waals surface area (Å²) in [5.74, 6) is 0. The van der Waals surface area contributed by atoms with Gasteiger partial charge in [0.1, 0.15) is 0 Å². The molecule has 15 heavy (non-hydrogen) atoms. The van der Waals surface area contributed by atoms with Gasteiger partial charge in [0, 0.05) is 17.4 Å². The van der Waals surface area contributed by atoms with Gasteiger partial charge in [-0.3, -0.25) is 0 Å². The van der Waals surface area contributed by atoms with Crippen LogP contribution in [0.4, 0.5) is 0 Å². The highest BCUT2D eigenvalue weighted by Gasteiger charge is 2.02. The average molecular weight is 267 g/mol. The Morgan fingerprint density at radius 3 is 2.80 bits per heavy atom. The van der Waals surface area contributed by atoms with Gasteiger partial charge in [0.05, 0.1) is 6.07 Å². The van der Waals surface area contributed by atoms with Gasteiger partial charge in [-0.2, -0.15) is 5.26 Å². The van der Waals surface area contributed by atoms with Gasteiger partial charge in [-0.1, -0.05) is 34.1 Å². The number of rotatable bonds is 5. The summed E-state index contributed by atoms with van der Waals surface area (Å²) in [6.45, 7) is 1.89. The smallest absolute Gasteiger partial charge is 0.0622 e. The minimum Gasteiger partial charge on any atom is -0.302 e. The third-order valence-corrected chi connectivity index (χ3v) is 3.00. The fraction of sp³-hybridized carbons (Fsp3) is 0.417. The van der Waals surface area contributed by atoms with Gasteiger partial charge in [0.25, 0.3) is 0 Å². The van der Waals surface area contributed by atoms with Crippen LogP contribution in [0.3, 0.4) is 0 Å². The molecule has 80 valence electrons. The average Bonchev–Trinajstić information content (AvgIpc) is 2.22. The van der Waals surface area contributed by atoms with Crippen molar-refractivity contribution in [3.8, 4) is 6.07 Å². The molecule has 1 rings (SSSR count). The number of halogens is 1. The molecular weight excluding hydrogens is 252 g/mol. The molecule has 0 amide bonds. The summed E-state index contributed by atoms with van der Waals surface area (Å²) in [6.07, 6.45) is 1.58. The Hall–Kier alpha value is -0.850. The van der Waals surface area contributed by atoms with E-state index in [1.807, 2.05) is 12.1 Å². The molecule has 0 N–H and O–H groups in total. The molecule has 0 fully saturated rings. The van der Waals surface area contributed by atoms with Crippen LogP contribution in [0.15, 0.2) is 28.7 Å². The molecule has 1 aromatic rings. The number of hydrogen-bond donors (Lipinski definition) is 0. The van der Waals surface area contributed by atoms with Gasteiger partial charge >= 0.3 is 0 Å². The van der Waals surface area contributed by atoms with Gasteiger partial charge in [0.15, 0.2) is 0 Å². The third kappa shape index (κ3) is 4.46. The van der Waals surface area contributed by atoms with E-state index in [0.29, 0.717) is 6.42 Å². The van der Waals surface area contributed by atoms with Crippen LogP contribution in [-0.4, -0.2) is 18.5 Å². The Labute approximate surface area is 99.6 Å². The van der Waals surface area contributed by atoms with E-state index >= 15 is 0 Å².